The highest BCUT2D eigenvalue weighted by Crippen LogP contribution is 2.29. The zero-order valence-electron chi connectivity index (χ0n) is 13.9. The number of methoxy groups -OCH3 is 2. The number of benzene rings is 2. The van der Waals surface area contributed by atoms with E-state index in [1.54, 1.807) is 55.4 Å². The van der Waals surface area contributed by atoms with Gasteiger partial charge in [0.05, 0.1) is 25.6 Å². The van der Waals surface area contributed by atoms with Gasteiger partial charge < -0.3 is 20.1 Å². The second-order valence-corrected chi connectivity index (χ2v) is 5.14. The minimum absolute atomic E-state index is 0.376. The molecule has 128 valence electrons. The molecule has 0 aliphatic carbocycles. The van der Waals surface area contributed by atoms with Crippen LogP contribution in [0, 0.1) is 0 Å². The second-order valence-electron chi connectivity index (χ2n) is 5.14. The number of rotatable bonds is 5. The number of amides is 2. The van der Waals surface area contributed by atoms with Crippen molar-refractivity contribution in [1.82, 2.24) is 9.78 Å². The zero-order chi connectivity index (χ0) is 17.6. The Bertz CT molecular complexity index is 845. The molecular formula is C18H18N4O3. The monoisotopic (exact) mass is 338 g/mol. The zero-order valence-corrected chi connectivity index (χ0v) is 13.9. The summed E-state index contributed by atoms with van der Waals surface area (Å²) in [6, 6.07) is 14.0. The maximum atomic E-state index is 12.2. The van der Waals surface area contributed by atoms with Crippen LogP contribution in [0.3, 0.4) is 0 Å². The lowest BCUT2D eigenvalue weighted by Crippen LogP contribution is -2.19. The lowest BCUT2D eigenvalue weighted by Gasteiger charge is -2.12. The van der Waals surface area contributed by atoms with E-state index in [-0.39, 0.29) is 6.03 Å². The van der Waals surface area contributed by atoms with Crippen LogP contribution in [-0.4, -0.2) is 30.0 Å². The van der Waals surface area contributed by atoms with Crippen molar-refractivity contribution >= 4 is 17.4 Å². The Hall–Kier alpha value is -3.48. The molecule has 1 heterocycles. The van der Waals surface area contributed by atoms with Gasteiger partial charge in [0, 0.05) is 24.1 Å². The smallest absolute Gasteiger partial charge is 0.323 e. The molecule has 0 saturated carbocycles. The highest BCUT2D eigenvalue weighted by molar-refractivity contribution is 6.00. The van der Waals surface area contributed by atoms with E-state index in [2.05, 4.69) is 15.7 Å². The third-order valence-electron chi connectivity index (χ3n) is 3.55. The third kappa shape index (κ3) is 3.89. The molecule has 25 heavy (non-hydrogen) atoms. The fourth-order valence-corrected chi connectivity index (χ4v) is 2.32. The van der Waals surface area contributed by atoms with Gasteiger partial charge in [0.1, 0.15) is 11.5 Å². The average Bonchev–Trinajstić information content (AvgIpc) is 3.17. The van der Waals surface area contributed by atoms with Gasteiger partial charge in [0.2, 0.25) is 0 Å². The average molecular weight is 338 g/mol. The standard InChI is InChI=1S/C18H18N4O3/c1-24-15-8-9-17(25-2)16(12-15)21-18(23)20-13-4-6-14(7-5-13)22-11-3-10-19-22/h3-12H,1-2H3,(H2,20,21,23). The lowest BCUT2D eigenvalue weighted by atomic mass is 10.2. The van der Waals surface area contributed by atoms with Gasteiger partial charge in [0.15, 0.2) is 0 Å². The predicted molar refractivity (Wildman–Crippen MR) is 95.8 cm³/mol. The topological polar surface area (TPSA) is 77.4 Å². The van der Waals surface area contributed by atoms with Crippen LogP contribution in [0.15, 0.2) is 60.9 Å². The van der Waals surface area contributed by atoms with Gasteiger partial charge in [-0.1, -0.05) is 0 Å². The van der Waals surface area contributed by atoms with Crippen molar-refractivity contribution in [3.05, 3.63) is 60.9 Å². The van der Waals surface area contributed by atoms with Crippen LogP contribution >= 0.6 is 0 Å². The van der Waals surface area contributed by atoms with Crippen molar-refractivity contribution in [2.75, 3.05) is 24.9 Å². The van der Waals surface area contributed by atoms with Crippen LogP contribution in [0.4, 0.5) is 16.2 Å². The van der Waals surface area contributed by atoms with E-state index in [9.17, 15) is 4.79 Å². The summed E-state index contributed by atoms with van der Waals surface area (Å²) in [4.78, 5) is 12.2. The molecule has 0 unspecified atom stereocenters. The Kier molecular flexibility index (Phi) is 4.84. The number of anilines is 2. The molecule has 2 amide bonds. The molecular weight excluding hydrogens is 320 g/mol. The first-order valence-electron chi connectivity index (χ1n) is 7.59. The van der Waals surface area contributed by atoms with Gasteiger partial charge >= 0.3 is 6.03 Å². The second kappa shape index (κ2) is 7.39. The Balaban J connectivity index is 1.68. The quantitative estimate of drug-likeness (QED) is 0.746. The molecule has 1 aromatic heterocycles. The van der Waals surface area contributed by atoms with Gasteiger partial charge in [-0.15, -0.1) is 0 Å². The van der Waals surface area contributed by atoms with Crippen molar-refractivity contribution in [3.8, 4) is 17.2 Å². The maximum Gasteiger partial charge on any atom is 0.323 e. The van der Waals surface area contributed by atoms with E-state index in [1.807, 2.05) is 24.4 Å². The van der Waals surface area contributed by atoms with Gasteiger partial charge in [0.25, 0.3) is 0 Å². The molecule has 3 rings (SSSR count). The molecule has 0 saturated heterocycles. The van der Waals surface area contributed by atoms with Gasteiger partial charge in [-0.2, -0.15) is 5.10 Å². The van der Waals surface area contributed by atoms with Gasteiger partial charge in [-0.25, -0.2) is 9.48 Å². The van der Waals surface area contributed by atoms with Crippen molar-refractivity contribution in [2.24, 2.45) is 0 Å². The van der Waals surface area contributed by atoms with Crippen LogP contribution < -0.4 is 20.1 Å². The van der Waals surface area contributed by atoms with E-state index in [0.717, 1.165) is 5.69 Å². The third-order valence-corrected chi connectivity index (χ3v) is 3.55. The summed E-state index contributed by atoms with van der Waals surface area (Å²) in [5, 5.41) is 9.69. The molecule has 0 spiro atoms. The van der Waals surface area contributed by atoms with Crippen LogP contribution in [0.1, 0.15) is 0 Å². The Morgan fingerprint density at radius 2 is 1.84 bits per heavy atom. The summed E-state index contributed by atoms with van der Waals surface area (Å²) in [5.74, 6) is 1.17. The van der Waals surface area contributed by atoms with E-state index < -0.39 is 0 Å². The van der Waals surface area contributed by atoms with E-state index >= 15 is 0 Å². The summed E-state index contributed by atoms with van der Waals surface area (Å²) in [7, 11) is 3.10. The molecule has 7 heteroatoms. The number of urea groups is 1. The highest BCUT2D eigenvalue weighted by Gasteiger charge is 2.09. The number of aromatic nitrogens is 2. The largest absolute Gasteiger partial charge is 0.497 e. The van der Waals surface area contributed by atoms with Crippen molar-refractivity contribution < 1.29 is 14.3 Å². The first kappa shape index (κ1) is 16.4. The normalized spacial score (nSPS) is 10.2. The molecule has 2 aromatic carbocycles. The lowest BCUT2D eigenvalue weighted by molar-refractivity contribution is 0.262. The first-order valence-corrected chi connectivity index (χ1v) is 7.59. The molecule has 0 aliphatic rings. The summed E-state index contributed by atoms with van der Waals surface area (Å²) in [6.07, 6.45) is 3.56. The maximum absolute atomic E-state index is 12.2. The minimum Gasteiger partial charge on any atom is -0.497 e. The number of ether oxygens (including phenoxy) is 2. The molecule has 0 atom stereocenters. The summed E-state index contributed by atoms with van der Waals surface area (Å²) in [5.41, 5.74) is 2.09. The number of nitrogens with one attached hydrogen (secondary N) is 2. The van der Waals surface area contributed by atoms with Gasteiger partial charge in [-0.3, -0.25) is 0 Å². The van der Waals surface area contributed by atoms with Crippen LogP contribution in [-0.2, 0) is 0 Å². The number of hydrogen-bond acceptors (Lipinski definition) is 4. The first-order chi connectivity index (χ1) is 12.2. The Morgan fingerprint density at radius 3 is 2.48 bits per heavy atom. The minimum atomic E-state index is -0.376. The number of hydrogen-bond donors (Lipinski definition) is 2. The molecule has 0 fully saturated rings. The van der Waals surface area contributed by atoms with Crippen LogP contribution in [0.2, 0.25) is 0 Å². The fourth-order valence-electron chi connectivity index (χ4n) is 2.32. The van der Waals surface area contributed by atoms with Crippen LogP contribution in [0.5, 0.6) is 11.5 Å². The molecule has 0 radical (unpaired) electrons. The Labute approximate surface area is 145 Å². The molecule has 0 bridgehead atoms. The van der Waals surface area contributed by atoms with E-state index in [4.69, 9.17) is 9.47 Å². The van der Waals surface area contributed by atoms with E-state index in [1.165, 1.54) is 0 Å². The SMILES string of the molecule is COc1ccc(OC)c(NC(=O)Nc2ccc(-n3cccn3)cc2)c1. The van der Waals surface area contributed by atoms with E-state index in [0.29, 0.717) is 22.9 Å². The summed E-state index contributed by atoms with van der Waals surface area (Å²) >= 11 is 0. The molecule has 7 nitrogen and oxygen atoms in total. The molecule has 3 aromatic rings. The predicted octanol–water partition coefficient (Wildman–Crippen LogP) is 3.53. The number of nitrogens with zero attached hydrogens (tertiary/aromatic N) is 2. The summed E-state index contributed by atoms with van der Waals surface area (Å²) in [6.45, 7) is 0. The Morgan fingerprint density at radius 1 is 1.04 bits per heavy atom. The number of carbonyl (C=O) groups is 1. The number of carbonyl (C=O) groups excluding carboxylic acids is 1. The van der Waals surface area contributed by atoms with Crippen molar-refractivity contribution in [1.29, 1.82) is 0 Å². The molecule has 0 aliphatic heterocycles. The van der Waals surface area contributed by atoms with Crippen molar-refractivity contribution in [2.45, 2.75) is 0 Å². The van der Waals surface area contributed by atoms with Crippen LogP contribution in [0.25, 0.3) is 5.69 Å². The highest BCUT2D eigenvalue weighted by atomic mass is 16.5. The van der Waals surface area contributed by atoms with Crippen molar-refractivity contribution in [3.63, 3.8) is 0 Å². The molecule has 2 N–H and O–H groups in total. The fraction of sp³-hybridized carbons (Fsp3) is 0.111. The summed E-state index contributed by atoms with van der Waals surface area (Å²) < 4.78 is 12.2. The van der Waals surface area contributed by atoms with Gasteiger partial charge in [-0.05, 0) is 42.5 Å².